The van der Waals surface area contributed by atoms with Gasteiger partial charge in [-0.15, -0.1) is 0 Å². The van der Waals surface area contributed by atoms with Crippen molar-refractivity contribution in [3.05, 3.63) is 59.7 Å². The summed E-state index contributed by atoms with van der Waals surface area (Å²) < 4.78 is 5.64. The van der Waals surface area contributed by atoms with Crippen LogP contribution in [-0.4, -0.2) is 52.2 Å². The van der Waals surface area contributed by atoms with E-state index in [1.807, 2.05) is 24.3 Å². The summed E-state index contributed by atoms with van der Waals surface area (Å²) in [5, 5.41) is 12.5. The van der Waals surface area contributed by atoms with E-state index in [2.05, 4.69) is 29.6 Å². The first-order chi connectivity index (χ1) is 15.9. The van der Waals surface area contributed by atoms with Crippen LogP contribution >= 0.6 is 0 Å². The molecule has 4 fully saturated rings. The molecule has 2 N–H and O–H groups in total. The highest BCUT2D eigenvalue weighted by atomic mass is 16.5. The van der Waals surface area contributed by atoms with Gasteiger partial charge in [0, 0.05) is 12.5 Å². The molecule has 5 aliphatic rings. The Labute approximate surface area is 191 Å². The quantitative estimate of drug-likeness (QED) is 0.708. The summed E-state index contributed by atoms with van der Waals surface area (Å²) in [6.45, 7) is 0.728. The Hall–Kier alpha value is -3.35. The average Bonchev–Trinajstić information content (AvgIpc) is 3.15. The second-order valence-electron chi connectivity index (χ2n) is 10.0. The first-order valence-corrected chi connectivity index (χ1v) is 11.6. The lowest BCUT2D eigenvalue weighted by molar-refractivity contribution is -0.158. The minimum Gasteiger partial charge on any atom is -0.479 e. The van der Waals surface area contributed by atoms with Crippen molar-refractivity contribution < 1.29 is 24.2 Å². The van der Waals surface area contributed by atoms with Crippen molar-refractivity contribution in [1.82, 2.24) is 10.2 Å². The van der Waals surface area contributed by atoms with Crippen LogP contribution in [0.2, 0.25) is 0 Å². The molecule has 2 aliphatic heterocycles. The summed E-state index contributed by atoms with van der Waals surface area (Å²) >= 11 is 0. The fourth-order valence-corrected chi connectivity index (χ4v) is 6.04. The van der Waals surface area contributed by atoms with Gasteiger partial charge in [-0.3, -0.25) is 4.79 Å². The van der Waals surface area contributed by atoms with Crippen molar-refractivity contribution in [1.29, 1.82) is 0 Å². The Kier molecular flexibility index (Phi) is 4.34. The number of aliphatic carboxylic acids is 1. The molecule has 2 aromatic rings. The maximum Gasteiger partial charge on any atom is 0.407 e. The topological polar surface area (TPSA) is 95.9 Å². The van der Waals surface area contributed by atoms with Gasteiger partial charge in [-0.2, -0.15) is 0 Å². The van der Waals surface area contributed by atoms with Gasteiger partial charge in [0.1, 0.15) is 12.1 Å². The van der Waals surface area contributed by atoms with Gasteiger partial charge in [0.15, 0.2) is 0 Å². The minimum absolute atomic E-state index is 0.0215. The number of nitrogens with zero attached hydrogens (tertiary/aromatic N) is 1. The van der Waals surface area contributed by atoms with E-state index in [9.17, 15) is 19.5 Å². The third kappa shape index (κ3) is 3.13. The highest BCUT2D eigenvalue weighted by molar-refractivity contribution is 5.90. The number of benzene rings is 2. The predicted molar refractivity (Wildman–Crippen MR) is 120 cm³/mol. The molecule has 2 aromatic carbocycles. The molecule has 0 radical (unpaired) electrons. The maximum atomic E-state index is 12.9. The van der Waals surface area contributed by atoms with Crippen LogP contribution < -0.4 is 5.32 Å². The molecule has 170 valence electrons. The minimum atomic E-state index is -1.03. The second kappa shape index (κ2) is 7.07. The van der Waals surface area contributed by atoms with Crippen LogP contribution in [0.3, 0.4) is 0 Å². The van der Waals surface area contributed by atoms with Crippen molar-refractivity contribution in [2.75, 3.05) is 13.2 Å². The van der Waals surface area contributed by atoms with Crippen molar-refractivity contribution in [2.24, 2.45) is 5.92 Å². The summed E-state index contributed by atoms with van der Waals surface area (Å²) in [7, 11) is 0. The number of carbonyl (C=O) groups is 3. The zero-order valence-corrected chi connectivity index (χ0v) is 18.3. The molecule has 2 saturated heterocycles. The Morgan fingerprint density at radius 1 is 1.00 bits per heavy atom. The van der Waals surface area contributed by atoms with Crippen LogP contribution in [0, 0.1) is 5.92 Å². The number of carbonyl (C=O) groups excluding carboxylic acids is 2. The molecule has 0 spiro atoms. The Morgan fingerprint density at radius 3 is 2.18 bits per heavy atom. The van der Waals surface area contributed by atoms with Gasteiger partial charge < -0.3 is 20.1 Å². The molecule has 7 nitrogen and oxygen atoms in total. The number of carboxylic acids is 1. The first kappa shape index (κ1) is 20.3. The lowest BCUT2D eigenvalue weighted by Crippen LogP contribution is -2.55. The average molecular weight is 447 g/mol. The number of hydrogen-bond acceptors (Lipinski definition) is 4. The lowest BCUT2D eigenvalue weighted by atomic mass is 9.73. The third-order valence-electron chi connectivity index (χ3n) is 7.96. The normalized spacial score (nSPS) is 25.6. The van der Waals surface area contributed by atoms with E-state index in [-0.39, 0.29) is 30.8 Å². The smallest absolute Gasteiger partial charge is 0.407 e. The van der Waals surface area contributed by atoms with Crippen LogP contribution in [-0.2, 0) is 14.3 Å². The zero-order valence-electron chi connectivity index (χ0n) is 18.3. The Morgan fingerprint density at radius 2 is 1.61 bits per heavy atom. The molecule has 0 aromatic heterocycles. The number of fused-ring (bicyclic) bond motifs is 4. The number of rotatable bonds is 6. The Balaban J connectivity index is 1.09. The van der Waals surface area contributed by atoms with Gasteiger partial charge in [0.25, 0.3) is 0 Å². The van der Waals surface area contributed by atoms with Crippen LogP contribution in [0.5, 0.6) is 0 Å². The summed E-state index contributed by atoms with van der Waals surface area (Å²) in [6, 6.07) is 16.3. The number of alkyl carbamates (subject to hydrolysis) is 1. The van der Waals surface area contributed by atoms with Gasteiger partial charge in [-0.05, 0) is 53.9 Å². The van der Waals surface area contributed by atoms with E-state index in [1.54, 1.807) is 0 Å². The standard InChI is InChI=1S/C26H26N2O5/c29-22(28-14-16-11-26(28,12-16)23(30)31)13-25(9-10-25)27-24(32)33-15-21-19-7-3-1-5-17(19)18-6-2-4-8-20(18)21/h1-8,16,21H,9-15H2,(H,27,32)(H,30,31). The number of carboxylic acid groups (broad SMARTS) is 1. The van der Waals surface area contributed by atoms with Gasteiger partial charge in [-0.25, -0.2) is 9.59 Å². The SMILES string of the molecule is O=C(NC1(CC(=O)N2CC3CC2(C(=O)O)C3)CC1)OCC1c2ccccc2-c2ccccc21. The summed E-state index contributed by atoms with van der Waals surface area (Å²) in [5.41, 5.74) is 2.99. The predicted octanol–water partition coefficient (Wildman–Crippen LogP) is 3.52. The fraction of sp³-hybridized carbons (Fsp3) is 0.423. The van der Waals surface area contributed by atoms with Gasteiger partial charge >= 0.3 is 12.1 Å². The van der Waals surface area contributed by atoms with Crippen LogP contribution in [0.15, 0.2) is 48.5 Å². The van der Waals surface area contributed by atoms with Crippen molar-refractivity contribution in [2.45, 2.75) is 49.1 Å². The second-order valence-corrected chi connectivity index (χ2v) is 10.0. The molecule has 33 heavy (non-hydrogen) atoms. The van der Waals surface area contributed by atoms with Crippen molar-refractivity contribution in [3.8, 4) is 11.1 Å². The lowest BCUT2D eigenvalue weighted by Gasteiger charge is -2.38. The Bertz CT molecular complexity index is 1120. The molecule has 2 heterocycles. The molecular formula is C26H26N2O5. The van der Waals surface area contributed by atoms with E-state index in [1.165, 1.54) is 16.0 Å². The van der Waals surface area contributed by atoms with Gasteiger partial charge in [0.05, 0.1) is 12.0 Å². The van der Waals surface area contributed by atoms with Crippen LogP contribution in [0.1, 0.15) is 49.1 Å². The van der Waals surface area contributed by atoms with E-state index in [0.29, 0.717) is 32.2 Å². The fourth-order valence-electron chi connectivity index (χ4n) is 6.04. The van der Waals surface area contributed by atoms with E-state index < -0.39 is 23.1 Å². The molecule has 0 unspecified atom stereocenters. The number of amides is 2. The monoisotopic (exact) mass is 446 g/mol. The van der Waals surface area contributed by atoms with Crippen molar-refractivity contribution in [3.63, 3.8) is 0 Å². The highest BCUT2D eigenvalue weighted by Gasteiger charge is 2.63. The largest absolute Gasteiger partial charge is 0.479 e. The van der Waals surface area contributed by atoms with E-state index in [4.69, 9.17) is 4.74 Å². The van der Waals surface area contributed by atoms with E-state index >= 15 is 0 Å². The van der Waals surface area contributed by atoms with Crippen molar-refractivity contribution >= 4 is 18.0 Å². The molecule has 7 rings (SSSR count). The molecule has 3 aliphatic carbocycles. The number of nitrogens with one attached hydrogen (secondary N) is 1. The molecule has 2 bridgehead atoms. The molecule has 7 heteroatoms. The van der Waals surface area contributed by atoms with Gasteiger partial charge in [0.2, 0.25) is 5.91 Å². The molecule has 0 atom stereocenters. The highest BCUT2D eigenvalue weighted by Crippen LogP contribution is 2.52. The summed E-state index contributed by atoms with van der Waals surface area (Å²) in [4.78, 5) is 38.9. The number of ether oxygens (including phenoxy) is 1. The van der Waals surface area contributed by atoms with Crippen LogP contribution in [0.4, 0.5) is 4.79 Å². The number of hydrogen-bond donors (Lipinski definition) is 2. The van der Waals surface area contributed by atoms with E-state index in [0.717, 1.165) is 11.1 Å². The third-order valence-corrected chi connectivity index (χ3v) is 7.96. The van der Waals surface area contributed by atoms with Crippen LogP contribution in [0.25, 0.3) is 11.1 Å². The maximum absolute atomic E-state index is 12.9. The summed E-state index contributed by atoms with van der Waals surface area (Å²) in [5.74, 6) is -0.838. The zero-order chi connectivity index (χ0) is 22.8. The molecule has 2 saturated carbocycles. The van der Waals surface area contributed by atoms with Gasteiger partial charge in [-0.1, -0.05) is 48.5 Å². The first-order valence-electron chi connectivity index (χ1n) is 11.6. The molecule has 2 amide bonds. The molecular weight excluding hydrogens is 420 g/mol. The summed E-state index contributed by atoms with van der Waals surface area (Å²) in [6.07, 6.45) is 2.07.